The molecule has 0 radical (unpaired) electrons. The van der Waals surface area contributed by atoms with Crippen molar-refractivity contribution in [2.24, 2.45) is 0 Å². The lowest BCUT2D eigenvalue weighted by atomic mass is 10.1. The van der Waals surface area contributed by atoms with Gasteiger partial charge in [-0.05, 0) is 23.8 Å². The van der Waals surface area contributed by atoms with Crippen molar-refractivity contribution in [3.63, 3.8) is 0 Å². The summed E-state index contributed by atoms with van der Waals surface area (Å²) in [5.41, 5.74) is 1.82. The van der Waals surface area contributed by atoms with E-state index in [-0.39, 0.29) is 5.78 Å². The molecule has 0 aliphatic heterocycles. The molecule has 1 N–H and O–H groups in total. The Morgan fingerprint density at radius 2 is 1.85 bits per heavy atom. The molecule has 2 aromatic carbocycles. The third-order valence-electron chi connectivity index (χ3n) is 2.95. The first-order chi connectivity index (χ1) is 9.70. The van der Waals surface area contributed by atoms with E-state index in [9.17, 15) is 4.79 Å². The Balaban J connectivity index is 1.86. The Morgan fingerprint density at radius 1 is 1.15 bits per heavy atom. The summed E-state index contributed by atoms with van der Waals surface area (Å²) in [5, 5.41) is 3.15. The van der Waals surface area contributed by atoms with Crippen LogP contribution in [-0.4, -0.2) is 19.4 Å². The average molecular weight is 334 g/mol. The van der Waals surface area contributed by atoms with E-state index in [0.29, 0.717) is 18.7 Å². The van der Waals surface area contributed by atoms with Crippen LogP contribution in [0.5, 0.6) is 5.75 Å². The molecule has 0 fully saturated rings. The highest BCUT2D eigenvalue weighted by Crippen LogP contribution is 2.16. The zero-order valence-corrected chi connectivity index (χ0v) is 12.8. The minimum absolute atomic E-state index is 0.0750. The number of carbonyl (C=O) groups is 1. The molecule has 3 nitrogen and oxygen atoms in total. The minimum Gasteiger partial charge on any atom is -0.497 e. The zero-order valence-electron chi connectivity index (χ0n) is 11.2. The molecule has 0 saturated heterocycles. The second-order valence-electron chi connectivity index (χ2n) is 4.35. The number of halogens is 1. The second-order valence-corrected chi connectivity index (χ2v) is 5.21. The molecule has 0 unspecified atom stereocenters. The topological polar surface area (TPSA) is 38.3 Å². The predicted molar refractivity (Wildman–Crippen MR) is 83.2 cm³/mol. The molecule has 104 valence electrons. The molecule has 20 heavy (non-hydrogen) atoms. The SMILES string of the molecule is COc1ccc(CNCC(=O)c2ccccc2Br)cc1. The lowest BCUT2D eigenvalue weighted by molar-refractivity contribution is 0.0990. The highest BCUT2D eigenvalue weighted by molar-refractivity contribution is 9.10. The summed E-state index contributed by atoms with van der Waals surface area (Å²) in [6.07, 6.45) is 0. The van der Waals surface area contributed by atoms with Gasteiger partial charge in [-0.2, -0.15) is 0 Å². The monoisotopic (exact) mass is 333 g/mol. The Morgan fingerprint density at radius 3 is 2.50 bits per heavy atom. The summed E-state index contributed by atoms with van der Waals surface area (Å²) in [4.78, 5) is 12.0. The molecule has 0 aromatic heterocycles. The van der Waals surface area contributed by atoms with Gasteiger partial charge in [-0.1, -0.05) is 46.3 Å². The second kappa shape index (κ2) is 7.22. The Kier molecular flexibility index (Phi) is 5.32. The maximum atomic E-state index is 12.0. The Bertz CT molecular complexity index is 581. The number of benzene rings is 2. The highest BCUT2D eigenvalue weighted by Gasteiger charge is 2.08. The van der Waals surface area contributed by atoms with Crippen molar-refractivity contribution < 1.29 is 9.53 Å². The lowest BCUT2D eigenvalue weighted by Gasteiger charge is -2.06. The molecule has 2 aromatic rings. The molecule has 2 rings (SSSR count). The summed E-state index contributed by atoms with van der Waals surface area (Å²) in [7, 11) is 1.64. The van der Waals surface area contributed by atoms with E-state index in [1.807, 2.05) is 48.5 Å². The molecule has 4 heteroatoms. The molecule has 0 aliphatic rings. The first kappa shape index (κ1) is 14.8. The van der Waals surface area contributed by atoms with Crippen LogP contribution in [0.15, 0.2) is 53.0 Å². The average Bonchev–Trinajstić information content (AvgIpc) is 2.48. The van der Waals surface area contributed by atoms with Crippen molar-refractivity contribution in [2.75, 3.05) is 13.7 Å². The van der Waals surface area contributed by atoms with Crippen molar-refractivity contribution in [3.05, 3.63) is 64.1 Å². The number of Topliss-reactive ketones (excluding diaryl/α,β-unsaturated/α-hetero) is 1. The van der Waals surface area contributed by atoms with Crippen molar-refractivity contribution in [1.29, 1.82) is 0 Å². The summed E-state index contributed by atoms with van der Waals surface area (Å²) in [6, 6.07) is 15.2. The largest absolute Gasteiger partial charge is 0.497 e. The van der Waals surface area contributed by atoms with E-state index in [4.69, 9.17) is 4.74 Å². The molecule has 0 heterocycles. The van der Waals surface area contributed by atoms with Gasteiger partial charge in [0.1, 0.15) is 5.75 Å². The van der Waals surface area contributed by atoms with Gasteiger partial charge >= 0.3 is 0 Å². The fourth-order valence-electron chi connectivity index (χ4n) is 1.85. The number of hydrogen-bond acceptors (Lipinski definition) is 3. The van der Waals surface area contributed by atoms with Gasteiger partial charge in [-0.25, -0.2) is 0 Å². The van der Waals surface area contributed by atoms with Crippen LogP contribution in [0, 0.1) is 0 Å². The molecule has 0 amide bonds. The van der Waals surface area contributed by atoms with Gasteiger partial charge in [0.15, 0.2) is 5.78 Å². The van der Waals surface area contributed by atoms with Crippen LogP contribution >= 0.6 is 15.9 Å². The van der Waals surface area contributed by atoms with E-state index in [1.165, 1.54) is 0 Å². The number of rotatable bonds is 6. The number of ether oxygens (including phenoxy) is 1. The van der Waals surface area contributed by atoms with Gasteiger partial charge in [0.2, 0.25) is 0 Å². The molecule has 0 spiro atoms. The molecule has 0 atom stereocenters. The first-order valence-corrected chi connectivity index (χ1v) is 7.11. The van der Waals surface area contributed by atoms with Crippen LogP contribution in [0.2, 0.25) is 0 Å². The molecular weight excluding hydrogens is 318 g/mol. The molecule has 0 bridgehead atoms. The van der Waals surface area contributed by atoms with Gasteiger partial charge in [-0.15, -0.1) is 0 Å². The van der Waals surface area contributed by atoms with E-state index in [2.05, 4.69) is 21.2 Å². The summed E-state index contributed by atoms with van der Waals surface area (Å²) < 4.78 is 5.93. The number of hydrogen-bond donors (Lipinski definition) is 1. The van der Waals surface area contributed by atoms with Crippen molar-refractivity contribution in [3.8, 4) is 5.75 Å². The predicted octanol–water partition coefficient (Wildman–Crippen LogP) is 3.43. The van der Waals surface area contributed by atoms with Gasteiger partial charge in [0, 0.05) is 16.6 Å². The maximum Gasteiger partial charge on any atom is 0.177 e. The van der Waals surface area contributed by atoms with Crippen LogP contribution in [0.3, 0.4) is 0 Å². The van der Waals surface area contributed by atoms with Gasteiger partial charge in [0.05, 0.1) is 13.7 Å². The fourth-order valence-corrected chi connectivity index (χ4v) is 2.35. The first-order valence-electron chi connectivity index (χ1n) is 6.32. The Labute approximate surface area is 127 Å². The minimum atomic E-state index is 0.0750. The summed E-state index contributed by atoms with van der Waals surface area (Å²) >= 11 is 3.39. The molecular formula is C16H16BrNO2. The van der Waals surface area contributed by atoms with Gasteiger partial charge in [0.25, 0.3) is 0 Å². The van der Waals surface area contributed by atoms with Crippen LogP contribution in [0.1, 0.15) is 15.9 Å². The third-order valence-corrected chi connectivity index (χ3v) is 3.64. The van der Waals surface area contributed by atoms with Crippen LogP contribution in [0.25, 0.3) is 0 Å². The molecule has 0 saturated carbocycles. The van der Waals surface area contributed by atoms with Gasteiger partial charge < -0.3 is 10.1 Å². The normalized spacial score (nSPS) is 10.3. The van der Waals surface area contributed by atoms with Gasteiger partial charge in [-0.3, -0.25) is 4.79 Å². The van der Waals surface area contributed by atoms with Crippen LogP contribution in [-0.2, 0) is 6.54 Å². The van der Waals surface area contributed by atoms with Crippen LogP contribution < -0.4 is 10.1 Å². The Hall–Kier alpha value is -1.65. The van der Waals surface area contributed by atoms with E-state index < -0.39 is 0 Å². The zero-order chi connectivity index (χ0) is 14.4. The maximum absolute atomic E-state index is 12.0. The number of methoxy groups -OCH3 is 1. The van der Waals surface area contributed by atoms with Crippen molar-refractivity contribution in [2.45, 2.75) is 6.54 Å². The van der Waals surface area contributed by atoms with E-state index in [1.54, 1.807) is 7.11 Å². The van der Waals surface area contributed by atoms with Crippen LogP contribution in [0.4, 0.5) is 0 Å². The smallest absolute Gasteiger partial charge is 0.177 e. The number of ketones is 1. The van der Waals surface area contributed by atoms with Crippen molar-refractivity contribution >= 4 is 21.7 Å². The lowest BCUT2D eigenvalue weighted by Crippen LogP contribution is -2.22. The third kappa shape index (κ3) is 3.92. The molecule has 0 aliphatic carbocycles. The van der Waals surface area contributed by atoms with E-state index >= 15 is 0 Å². The number of nitrogens with one attached hydrogen (secondary N) is 1. The summed E-state index contributed by atoms with van der Waals surface area (Å²) in [5.74, 6) is 0.907. The summed E-state index contributed by atoms with van der Waals surface area (Å²) in [6.45, 7) is 0.967. The quantitative estimate of drug-likeness (QED) is 0.823. The van der Waals surface area contributed by atoms with Crippen molar-refractivity contribution in [1.82, 2.24) is 5.32 Å². The highest BCUT2D eigenvalue weighted by atomic mass is 79.9. The number of carbonyl (C=O) groups excluding carboxylic acids is 1. The van der Waals surface area contributed by atoms with E-state index in [0.717, 1.165) is 15.8 Å². The fraction of sp³-hybridized carbons (Fsp3) is 0.188. The standard InChI is InChI=1S/C16H16BrNO2/c1-20-13-8-6-12(7-9-13)10-18-11-16(19)14-4-2-3-5-15(14)17/h2-9,18H,10-11H2,1H3.